The highest BCUT2D eigenvalue weighted by Gasteiger charge is 2.36. The number of aliphatic hydroxyl groups is 1. The number of hydrogen-bond donors (Lipinski definition) is 3. The number of alkyl halides is 3. The Bertz CT molecular complexity index is 1140. The number of aryl methyl sites for hydroxylation is 1. The molecule has 0 unspecified atom stereocenters. The minimum absolute atomic E-state index is 0.0348. The number of carbonyl (C=O) groups is 2. The number of anilines is 1. The zero-order valence-corrected chi connectivity index (χ0v) is 21.2. The molecular formula is C24H30F3N5O3S. The Kier molecular flexibility index (Phi) is 7.56. The van der Waals surface area contributed by atoms with E-state index in [4.69, 9.17) is 0 Å². The lowest BCUT2D eigenvalue weighted by Crippen LogP contribution is -2.40. The van der Waals surface area contributed by atoms with Crippen molar-refractivity contribution in [3.05, 3.63) is 28.5 Å². The monoisotopic (exact) mass is 525 g/mol. The second kappa shape index (κ2) is 10.3. The van der Waals surface area contributed by atoms with Crippen molar-refractivity contribution >= 4 is 29.0 Å². The van der Waals surface area contributed by atoms with Crippen LogP contribution in [0.4, 0.5) is 19.0 Å². The number of carbonyl (C=O) groups excluding carboxylic acids is 2. The summed E-state index contributed by atoms with van der Waals surface area (Å²) in [5.41, 5.74) is 1.24. The number of nitrogens with one attached hydrogen (secondary N) is 2. The average Bonchev–Trinajstić information content (AvgIpc) is 3.53. The van der Waals surface area contributed by atoms with Gasteiger partial charge < -0.3 is 20.6 Å². The largest absolute Gasteiger partial charge is 0.408 e. The van der Waals surface area contributed by atoms with Gasteiger partial charge in [-0.2, -0.15) is 13.2 Å². The summed E-state index contributed by atoms with van der Waals surface area (Å²) in [5.74, 6) is -0.707. The maximum Gasteiger partial charge on any atom is 0.408 e. The van der Waals surface area contributed by atoms with Gasteiger partial charge >= 0.3 is 6.18 Å². The Labute approximate surface area is 211 Å². The van der Waals surface area contributed by atoms with Crippen molar-refractivity contribution in [1.29, 1.82) is 0 Å². The molecule has 36 heavy (non-hydrogen) atoms. The second-order valence-corrected chi connectivity index (χ2v) is 10.6. The Hall–Kier alpha value is -2.73. The molecule has 4 atom stereocenters. The van der Waals surface area contributed by atoms with E-state index in [0.29, 0.717) is 35.4 Å². The van der Waals surface area contributed by atoms with Crippen molar-refractivity contribution in [1.82, 2.24) is 20.2 Å². The maximum absolute atomic E-state index is 13.5. The normalized spacial score (nSPS) is 23.1. The average molecular weight is 526 g/mol. The van der Waals surface area contributed by atoms with Gasteiger partial charge in [-0.05, 0) is 64.5 Å². The minimum atomic E-state index is -4.42. The molecule has 1 saturated heterocycles. The van der Waals surface area contributed by atoms with Crippen molar-refractivity contribution in [2.75, 3.05) is 11.9 Å². The molecule has 0 radical (unpaired) electrons. The van der Waals surface area contributed by atoms with E-state index in [-0.39, 0.29) is 34.5 Å². The van der Waals surface area contributed by atoms with Crippen LogP contribution in [0.15, 0.2) is 12.3 Å². The van der Waals surface area contributed by atoms with Gasteiger partial charge in [0.15, 0.2) is 5.01 Å². The summed E-state index contributed by atoms with van der Waals surface area (Å²) in [6.07, 6.45) is 0.191. The van der Waals surface area contributed by atoms with E-state index in [9.17, 15) is 27.9 Å². The number of aliphatic hydroxyl groups excluding tert-OH is 1. The quantitative estimate of drug-likeness (QED) is 0.523. The van der Waals surface area contributed by atoms with Crippen LogP contribution in [0.5, 0.6) is 0 Å². The van der Waals surface area contributed by atoms with Crippen LogP contribution in [0.2, 0.25) is 0 Å². The molecule has 2 aliphatic rings. The van der Waals surface area contributed by atoms with Crippen LogP contribution >= 0.6 is 11.3 Å². The Balaban J connectivity index is 1.67. The van der Waals surface area contributed by atoms with Crippen LogP contribution in [-0.4, -0.2) is 68.7 Å². The number of aromatic nitrogens is 2. The fourth-order valence-corrected chi connectivity index (χ4v) is 5.67. The lowest BCUT2D eigenvalue weighted by Gasteiger charge is -2.21. The summed E-state index contributed by atoms with van der Waals surface area (Å²) >= 11 is 1.04. The highest BCUT2D eigenvalue weighted by molar-refractivity contribution is 7.17. The number of amides is 2. The van der Waals surface area contributed by atoms with Gasteiger partial charge in [0.25, 0.3) is 11.8 Å². The van der Waals surface area contributed by atoms with Crippen molar-refractivity contribution < 1.29 is 27.9 Å². The molecule has 8 nitrogen and oxygen atoms in total. The molecule has 4 rings (SSSR count). The third kappa shape index (κ3) is 5.49. The molecule has 2 aromatic heterocycles. The number of pyridine rings is 1. The number of thiazole rings is 1. The smallest absolute Gasteiger partial charge is 0.391 e. The lowest BCUT2D eigenvalue weighted by atomic mass is 10.1. The first-order valence-corrected chi connectivity index (χ1v) is 12.9. The van der Waals surface area contributed by atoms with Crippen LogP contribution in [0.25, 0.3) is 10.4 Å². The molecule has 3 heterocycles. The van der Waals surface area contributed by atoms with E-state index in [1.54, 1.807) is 11.8 Å². The summed E-state index contributed by atoms with van der Waals surface area (Å²) in [7, 11) is 0. The highest BCUT2D eigenvalue weighted by Crippen LogP contribution is 2.35. The summed E-state index contributed by atoms with van der Waals surface area (Å²) in [6.45, 7) is 5.26. The molecule has 1 aliphatic heterocycles. The number of likely N-dealkylation sites (tertiary alicyclic amines) is 1. The van der Waals surface area contributed by atoms with Crippen LogP contribution in [0.3, 0.4) is 0 Å². The lowest BCUT2D eigenvalue weighted by molar-refractivity contribution is -0.138. The minimum Gasteiger partial charge on any atom is -0.391 e. The third-order valence-corrected chi connectivity index (χ3v) is 7.93. The van der Waals surface area contributed by atoms with Crippen molar-refractivity contribution in [2.45, 2.75) is 83.3 Å². The molecule has 0 spiro atoms. The molecule has 0 aromatic carbocycles. The molecule has 3 N–H and O–H groups in total. The predicted octanol–water partition coefficient (Wildman–Crippen LogP) is 4.14. The van der Waals surface area contributed by atoms with E-state index in [1.165, 1.54) is 12.3 Å². The molecule has 2 fully saturated rings. The molecule has 196 valence electrons. The number of rotatable bonds is 6. The van der Waals surface area contributed by atoms with E-state index < -0.39 is 24.2 Å². The van der Waals surface area contributed by atoms with Crippen molar-refractivity contribution in [3.63, 3.8) is 0 Å². The summed E-state index contributed by atoms with van der Waals surface area (Å²) in [5, 5.41) is 15.3. The highest BCUT2D eigenvalue weighted by atomic mass is 32.1. The Morgan fingerprint density at radius 1 is 1.25 bits per heavy atom. The van der Waals surface area contributed by atoms with Crippen molar-refractivity contribution in [3.8, 4) is 10.4 Å². The van der Waals surface area contributed by atoms with Gasteiger partial charge in [0, 0.05) is 24.3 Å². The Morgan fingerprint density at radius 2 is 2.00 bits per heavy atom. The van der Waals surface area contributed by atoms with Gasteiger partial charge in [-0.15, -0.1) is 11.3 Å². The van der Waals surface area contributed by atoms with Crippen LogP contribution in [-0.2, 0) is 0 Å². The fourth-order valence-electron chi connectivity index (χ4n) is 4.63. The maximum atomic E-state index is 13.5. The molecule has 0 bridgehead atoms. The molecule has 1 saturated carbocycles. The molecular weight excluding hydrogens is 495 g/mol. The Morgan fingerprint density at radius 3 is 2.58 bits per heavy atom. The standard InChI is InChI=1S/C24H30F3N5O3S/c1-12-10-18(29-14(3)24(25,26)27)28-11-15(12)20-19(23(35)32-9-5-6-13(32)2)31-22(36-20)21(34)30-16-7-4-8-17(16)33/h10-11,13-14,16-17,33H,4-9H2,1-3H3,(H,28,29)(H,30,34)/t13-,14-,16-,17-/m0/s1. The van der Waals surface area contributed by atoms with E-state index >= 15 is 0 Å². The van der Waals surface area contributed by atoms with Gasteiger partial charge in [0.05, 0.1) is 17.0 Å². The summed E-state index contributed by atoms with van der Waals surface area (Å²) < 4.78 is 38.9. The SMILES string of the molecule is Cc1cc(N[C@@H](C)C(F)(F)F)ncc1-c1sc(C(=O)N[C@H]2CCC[C@@H]2O)nc1C(=O)N1CCC[C@@H]1C. The fraction of sp³-hybridized carbons (Fsp3) is 0.583. The van der Waals surface area contributed by atoms with Gasteiger partial charge in [-0.1, -0.05) is 0 Å². The summed E-state index contributed by atoms with van der Waals surface area (Å²) in [4.78, 5) is 37.2. The molecule has 2 aromatic rings. The van der Waals surface area contributed by atoms with Gasteiger partial charge in [-0.3, -0.25) is 9.59 Å². The second-order valence-electron chi connectivity index (χ2n) is 9.56. The molecule has 2 amide bonds. The summed E-state index contributed by atoms with van der Waals surface area (Å²) in [6, 6.07) is -0.633. The molecule has 12 heteroatoms. The number of hydrogen-bond acceptors (Lipinski definition) is 7. The van der Waals surface area contributed by atoms with Gasteiger partial charge in [0.1, 0.15) is 17.6 Å². The van der Waals surface area contributed by atoms with Crippen LogP contribution in [0.1, 0.15) is 71.8 Å². The zero-order valence-electron chi connectivity index (χ0n) is 20.4. The predicted molar refractivity (Wildman–Crippen MR) is 130 cm³/mol. The van der Waals surface area contributed by atoms with Crippen molar-refractivity contribution in [2.24, 2.45) is 0 Å². The first kappa shape index (κ1) is 26.3. The van der Waals surface area contributed by atoms with E-state index in [2.05, 4.69) is 20.6 Å². The molecule has 1 aliphatic carbocycles. The van der Waals surface area contributed by atoms with E-state index in [1.807, 2.05) is 6.92 Å². The van der Waals surface area contributed by atoms with Gasteiger partial charge in [0.2, 0.25) is 0 Å². The first-order chi connectivity index (χ1) is 17.0. The topological polar surface area (TPSA) is 107 Å². The number of nitrogens with zero attached hydrogens (tertiary/aromatic N) is 3. The zero-order chi connectivity index (χ0) is 26.2. The van der Waals surface area contributed by atoms with Gasteiger partial charge in [-0.25, -0.2) is 9.97 Å². The number of halogens is 3. The first-order valence-electron chi connectivity index (χ1n) is 12.1. The van der Waals surface area contributed by atoms with Crippen LogP contribution in [0, 0.1) is 6.92 Å². The van der Waals surface area contributed by atoms with E-state index in [0.717, 1.165) is 37.5 Å². The third-order valence-electron chi connectivity index (χ3n) is 6.84. The van der Waals surface area contributed by atoms with Crippen LogP contribution < -0.4 is 10.6 Å².